The number of methoxy groups -OCH3 is 1. The number of carbonyl (C=O) groups excluding carboxylic acids is 1. The molecule has 34 heavy (non-hydrogen) atoms. The van der Waals surface area contributed by atoms with Gasteiger partial charge in [0.2, 0.25) is 5.78 Å². The second-order valence-corrected chi connectivity index (χ2v) is 9.69. The summed E-state index contributed by atoms with van der Waals surface area (Å²) >= 11 is 0. The van der Waals surface area contributed by atoms with Gasteiger partial charge in [0.15, 0.2) is 11.5 Å². The number of hydrogen-bond donors (Lipinski definition) is 1. The van der Waals surface area contributed by atoms with Gasteiger partial charge < -0.3 is 23.5 Å². The highest BCUT2D eigenvalue weighted by atomic mass is 32.2. The Morgan fingerprint density at radius 2 is 1.88 bits per heavy atom. The number of allylic oxidation sites excluding steroid dienone is 4. The Bertz CT molecular complexity index is 1170. The van der Waals surface area contributed by atoms with Gasteiger partial charge in [0.05, 0.1) is 25.0 Å². The molecule has 0 aromatic rings. The zero-order chi connectivity index (χ0) is 25.4. The summed E-state index contributed by atoms with van der Waals surface area (Å²) in [6, 6.07) is 0. The van der Waals surface area contributed by atoms with Crippen LogP contribution in [0.5, 0.6) is 0 Å². The van der Waals surface area contributed by atoms with E-state index in [1.165, 1.54) is 26.2 Å². The normalized spacial score (nSPS) is 21.9. The van der Waals surface area contributed by atoms with Crippen LogP contribution in [-0.2, 0) is 33.3 Å². The second kappa shape index (κ2) is 9.34. The van der Waals surface area contributed by atoms with Gasteiger partial charge in [0.25, 0.3) is 0 Å². The molecule has 2 aliphatic carbocycles. The molecule has 3 rings (SSSR count). The van der Waals surface area contributed by atoms with Crippen LogP contribution >= 0.6 is 0 Å². The van der Waals surface area contributed by atoms with Gasteiger partial charge in [-0.1, -0.05) is 13.8 Å². The van der Waals surface area contributed by atoms with E-state index in [9.17, 15) is 31.5 Å². The van der Waals surface area contributed by atoms with Gasteiger partial charge in [0, 0.05) is 5.57 Å². The third kappa shape index (κ3) is 5.07. The molecule has 1 heterocycles. The van der Waals surface area contributed by atoms with E-state index in [4.69, 9.17) is 14.2 Å². The van der Waals surface area contributed by atoms with Crippen molar-refractivity contribution in [1.82, 2.24) is 0 Å². The van der Waals surface area contributed by atoms with Crippen LogP contribution in [0, 0.1) is 5.92 Å². The number of fused-ring (bicyclic) bond motifs is 2. The maximum atomic E-state index is 13.0. The van der Waals surface area contributed by atoms with Crippen LogP contribution in [0.3, 0.4) is 0 Å². The van der Waals surface area contributed by atoms with Crippen LogP contribution in [-0.4, -0.2) is 44.1 Å². The molecule has 186 valence electrons. The van der Waals surface area contributed by atoms with Crippen molar-refractivity contribution in [2.24, 2.45) is 5.92 Å². The van der Waals surface area contributed by atoms with E-state index < -0.39 is 39.4 Å². The Balaban J connectivity index is 2.03. The SMILES string of the molecule is COC1=C(C(O)CC(C)C)C=C2OC=C3C(OS(=O)(=O)C(F)(F)F)=CC(C)=CC3OC=C2C1=O. The first-order chi connectivity index (χ1) is 15.7. The molecule has 0 radical (unpaired) electrons. The standard InChI is InChI=1S/C22H23F3O8S/c1-11(2)5-16(26)13-8-18-15(20(27)21(13)30-4)10-32-17-6-12(3)7-19(14(17)9-31-18)33-34(28,29)22(23,24)25/h6-11,16-17,26H,5H2,1-4H3. The van der Waals surface area contributed by atoms with Gasteiger partial charge in [-0.3, -0.25) is 4.79 Å². The number of ketones is 1. The summed E-state index contributed by atoms with van der Waals surface area (Å²) in [5, 5.41) is 10.6. The minimum absolute atomic E-state index is 0.0568. The Kier molecular flexibility index (Phi) is 7.04. The summed E-state index contributed by atoms with van der Waals surface area (Å²) in [7, 11) is -4.68. The first-order valence-corrected chi connectivity index (χ1v) is 11.5. The Labute approximate surface area is 194 Å². The van der Waals surface area contributed by atoms with Crippen molar-refractivity contribution in [1.29, 1.82) is 0 Å². The average Bonchev–Trinajstić information content (AvgIpc) is 2.68. The molecule has 1 N–H and O–H groups in total. The fourth-order valence-corrected chi connectivity index (χ4v) is 3.92. The maximum Gasteiger partial charge on any atom is 0.534 e. The molecule has 2 atom stereocenters. The summed E-state index contributed by atoms with van der Waals surface area (Å²) in [6.07, 6.45) is 4.08. The van der Waals surface area contributed by atoms with Crippen molar-refractivity contribution in [3.8, 4) is 0 Å². The molecule has 0 amide bonds. The molecule has 0 aromatic heterocycles. The molecule has 0 fully saturated rings. The second-order valence-electron chi connectivity index (χ2n) is 8.15. The van der Waals surface area contributed by atoms with Crippen LogP contribution in [0.2, 0.25) is 0 Å². The van der Waals surface area contributed by atoms with Crippen LogP contribution in [0.1, 0.15) is 27.2 Å². The Morgan fingerprint density at radius 1 is 1.21 bits per heavy atom. The van der Waals surface area contributed by atoms with E-state index >= 15 is 0 Å². The maximum absolute atomic E-state index is 13.0. The fourth-order valence-electron chi connectivity index (χ4n) is 3.44. The number of rotatable bonds is 6. The van der Waals surface area contributed by atoms with Gasteiger partial charge >= 0.3 is 15.6 Å². The molecule has 0 aromatic carbocycles. The zero-order valence-corrected chi connectivity index (χ0v) is 19.5. The minimum Gasteiger partial charge on any atom is -0.492 e. The van der Waals surface area contributed by atoms with Crippen molar-refractivity contribution in [3.63, 3.8) is 0 Å². The lowest BCUT2D eigenvalue weighted by molar-refractivity contribution is -0.115. The largest absolute Gasteiger partial charge is 0.534 e. The Hall–Kier alpha value is -2.99. The number of Topliss-reactive ketones (excluding diaryl/α,β-unsaturated/α-hetero) is 1. The van der Waals surface area contributed by atoms with E-state index in [2.05, 4.69) is 4.18 Å². The summed E-state index contributed by atoms with van der Waals surface area (Å²) in [5.74, 6) is -1.35. The lowest BCUT2D eigenvalue weighted by Gasteiger charge is -2.28. The van der Waals surface area contributed by atoms with Crippen molar-refractivity contribution in [3.05, 3.63) is 70.3 Å². The van der Waals surface area contributed by atoms with Crippen LogP contribution in [0.15, 0.2) is 70.3 Å². The summed E-state index contributed by atoms with van der Waals surface area (Å²) < 4.78 is 82.5. The van der Waals surface area contributed by atoms with E-state index in [1.807, 2.05) is 13.8 Å². The average molecular weight is 504 g/mol. The number of hydrogen-bond acceptors (Lipinski definition) is 8. The third-order valence-corrected chi connectivity index (χ3v) is 5.98. The molecule has 0 spiro atoms. The van der Waals surface area contributed by atoms with Crippen molar-refractivity contribution in [2.75, 3.05) is 7.11 Å². The van der Waals surface area contributed by atoms with Gasteiger partial charge in [-0.15, -0.1) is 0 Å². The molecule has 0 saturated carbocycles. The predicted molar refractivity (Wildman–Crippen MR) is 113 cm³/mol. The van der Waals surface area contributed by atoms with E-state index in [0.717, 1.165) is 18.6 Å². The number of ether oxygens (including phenoxy) is 3. The monoisotopic (exact) mass is 504 g/mol. The molecular weight excluding hydrogens is 481 g/mol. The molecule has 12 heteroatoms. The van der Waals surface area contributed by atoms with Crippen LogP contribution in [0.4, 0.5) is 13.2 Å². The molecular formula is C22H23F3O8S. The number of aliphatic hydroxyl groups excluding tert-OH is 1. The molecule has 0 saturated heterocycles. The van der Waals surface area contributed by atoms with Crippen LogP contribution in [0.25, 0.3) is 0 Å². The van der Waals surface area contributed by atoms with Gasteiger partial charge in [-0.25, -0.2) is 0 Å². The summed E-state index contributed by atoms with van der Waals surface area (Å²) in [4.78, 5) is 13.0. The quantitative estimate of drug-likeness (QED) is 0.431. The molecule has 3 aliphatic rings. The number of halogens is 3. The van der Waals surface area contributed by atoms with Gasteiger partial charge in [-0.2, -0.15) is 21.6 Å². The first kappa shape index (κ1) is 25.6. The Morgan fingerprint density at radius 3 is 2.47 bits per heavy atom. The molecule has 1 aliphatic heterocycles. The lowest BCUT2D eigenvalue weighted by atomic mass is 9.90. The highest BCUT2D eigenvalue weighted by molar-refractivity contribution is 7.87. The fraction of sp³-hybridized carbons (Fsp3) is 0.409. The number of carbonyl (C=O) groups is 1. The van der Waals surface area contributed by atoms with Gasteiger partial charge in [-0.05, 0) is 43.1 Å². The topological polar surface area (TPSA) is 108 Å². The highest BCUT2D eigenvalue weighted by Crippen LogP contribution is 2.37. The number of aliphatic hydroxyl groups is 1. The molecule has 8 nitrogen and oxygen atoms in total. The summed E-state index contributed by atoms with van der Waals surface area (Å²) in [5.41, 5.74) is -5.34. The first-order valence-electron chi connectivity index (χ1n) is 10.1. The third-order valence-electron chi connectivity index (χ3n) is 5.02. The van der Waals surface area contributed by atoms with E-state index in [0.29, 0.717) is 12.0 Å². The van der Waals surface area contributed by atoms with Crippen molar-refractivity contribution < 1.29 is 49.9 Å². The lowest BCUT2D eigenvalue weighted by Crippen LogP contribution is -2.29. The molecule has 0 bridgehead atoms. The van der Waals surface area contributed by atoms with Crippen molar-refractivity contribution >= 4 is 15.9 Å². The van der Waals surface area contributed by atoms with Crippen LogP contribution < -0.4 is 0 Å². The zero-order valence-electron chi connectivity index (χ0n) is 18.7. The van der Waals surface area contributed by atoms with E-state index in [1.54, 1.807) is 0 Å². The summed E-state index contributed by atoms with van der Waals surface area (Å²) in [6.45, 7) is 5.26. The molecule has 2 unspecified atom stereocenters. The highest BCUT2D eigenvalue weighted by Gasteiger charge is 2.49. The van der Waals surface area contributed by atoms with E-state index in [-0.39, 0.29) is 34.2 Å². The minimum atomic E-state index is -5.96. The number of alkyl halides is 3. The van der Waals surface area contributed by atoms with Crippen molar-refractivity contribution in [2.45, 2.75) is 44.9 Å². The predicted octanol–water partition coefficient (Wildman–Crippen LogP) is 3.65. The smallest absolute Gasteiger partial charge is 0.492 e. The van der Waals surface area contributed by atoms with Gasteiger partial charge in [0.1, 0.15) is 23.7 Å².